The summed E-state index contributed by atoms with van der Waals surface area (Å²) >= 11 is 6.89. The molecule has 1 spiro atoms. The maximum absolute atomic E-state index is 17.2. The zero-order chi connectivity index (χ0) is 37.6. The predicted octanol–water partition coefficient (Wildman–Crippen LogP) is 5.35. The standard InChI is InChI=1S/C37H51ClFN5O7S/c1-25(23-52(40,41)48)8-10-31(39)34(35(45)42(15-17-49-2)16-18-50-3)44-14-6-12-37(44)24-43-13-5-4-7-26-19-28(38)21-30(37)29(26)22-51-33-11-9-27(36(46)47)20-32(33)43/h9-11,19-21,25,34H,4-8,12-18,22-24H2,1-3H3,(H,46,47)(H3,40,41,48)/b31-10-/t25-,34+,37-/m0/s1. The van der Waals surface area contributed by atoms with E-state index in [1.54, 1.807) is 38.2 Å². The number of carbonyl (C=O) groups is 2. The molecule has 4 atom stereocenters. The molecule has 1 saturated heterocycles. The van der Waals surface area contributed by atoms with Crippen molar-refractivity contribution in [3.05, 3.63) is 69.5 Å². The summed E-state index contributed by atoms with van der Waals surface area (Å²) in [7, 11) is -0.220. The summed E-state index contributed by atoms with van der Waals surface area (Å²) in [4.78, 5) is 32.7. The highest BCUT2D eigenvalue weighted by Crippen LogP contribution is 2.49. The second-order valence-electron chi connectivity index (χ2n) is 14.1. The quantitative estimate of drug-likeness (QED) is 0.231. The van der Waals surface area contributed by atoms with Gasteiger partial charge in [0.2, 0.25) is 5.91 Å². The maximum atomic E-state index is 17.2. The van der Waals surface area contributed by atoms with E-state index in [9.17, 15) is 18.9 Å². The average Bonchev–Trinajstić information content (AvgIpc) is 3.50. The van der Waals surface area contributed by atoms with Crippen molar-refractivity contribution in [3.63, 3.8) is 0 Å². The Bertz CT molecular complexity index is 1750. The highest BCUT2D eigenvalue weighted by molar-refractivity contribution is 7.90. The molecule has 4 bridgehead atoms. The molecule has 15 heteroatoms. The van der Waals surface area contributed by atoms with Gasteiger partial charge < -0.3 is 29.1 Å². The van der Waals surface area contributed by atoms with Gasteiger partial charge in [-0.15, -0.1) is 0 Å². The topological polar surface area (TPSA) is 159 Å². The Morgan fingerprint density at radius 1 is 1.17 bits per heavy atom. The number of rotatable bonds is 14. The zero-order valence-corrected chi connectivity index (χ0v) is 31.8. The summed E-state index contributed by atoms with van der Waals surface area (Å²) in [5, 5.41) is 16.0. The van der Waals surface area contributed by atoms with Crippen LogP contribution >= 0.6 is 11.6 Å². The van der Waals surface area contributed by atoms with Crippen LogP contribution in [-0.2, 0) is 42.7 Å². The summed E-state index contributed by atoms with van der Waals surface area (Å²) in [6.07, 6.45) is 5.11. The van der Waals surface area contributed by atoms with E-state index in [-0.39, 0.29) is 56.6 Å². The number of aromatic carboxylic acids is 1. The van der Waals surface area contributed by atoms with Gasteiger partial charge in [-0.2, -0.15) is 0 Å². The zero-order valence-electron chi connectivity index (χ0n) is 30.2. The molecule has 1 unspecified atom stereocenters. The number of hydrogen-bond donors (Lipinski definition) is 3. The van der Waals surface area contributed by atoms with Gasteiger partial charge in [-0.05, 0) is 91.5 Å². The molecule has 12 nitrogen and oxygen atoms in total. The van der Waals surface area contributed by atoms with Gasteiger partial charge in [-0.3, -0.25) is 9.69 Å². The second kappa shape index (κ2) is 17.3. The van der Waals surface area contributed by atoms with Gasteiger partial charge in [0.25, 0.3) is 0 Å². The summed E-state index contributed by atoms with van der Waals surface area (Å²) in [5.41, 5.74) is 2.63. The van der Waals surface area contributed by atoms with Crippen molar-refractivity contribution in [2.24, 2.45) is 11.1 Å². The number of carbonyl (C=O) groups excluding carboxylic acids is 1. The van der Waals surface area contributed by atoms with Crippen molar-refractivity contribution in [1.29, 1.82) is 4.78 Å². The third-order valence-electron chi connectivity index (χ3n) is 10.3. The monoisotopic (exact) mass is 763 g/mol. The number of amides is 1. The minimum atomic E-state index is -3.30. The van der Waals surface area contributed by atoms with Gasteiger partial charge in [0.1, 0.15) is 34.1 Å². The van der Waals surface area contributed by atoms with Crippen LogP contribution in [0, 0.1) is 10.7 Å². The van der Waals surface area contributed by atoms with Gasteiger partial charge >= 0.3 is 5.97 Å². The highest BCUT2D eigenvalue weighted by Gasteiger charge is 2.52. The number of benzene rings is 2. The number of methoxy groups -OCH3 is 2. The number of nitrogens with two attached hydrogens (primary N) is 1. The molecule has 3 aliphatic heterocycles. The minimum absolute atomic E-state index is 0.113. The van der Waals surface area contributed by atoms with Crippen molar-refractivity contribution in [2.45, 2.75) is 63.6 Å². The fourth-order valence-electron chi connectivity index (χ4n) is 7.93. The van der Waals surface area contributed by atoms with E-state index < -0.39 is 39.2 Å². The molecule has 3 aliphatic rings. The van der Waals surface area contributed by atoms with Crippen molar-refractivity contribution in [1.82, 2.24) is 9.80 Å². The first-order valence-electron chi connectivity index (χ1n) is 17.8. The van der Waals surface area contributed by atoms with E-state index in [0.717, 1.165) is 36.0 Å². The molecule has 3 heterocycles. The summed E-state index contributed by atoms with van der Waals surface area (Å²) in [5.74, 6) is -2.11. The number of halogens is 2. The van der Waals surface area contributed by atoms with Gasteiger partial charge in [-0.1, -0.05) is 24.6 Å². The third kappa shape index (κ3) is 9.08. The summed E-state index contributed by atoms with van der Waals surface area (Å²) < 4.78 is 54.1. The Balaban J connectivity index is 1.72. The first-order chi connectivity index (χ1) is 24.8. The van der Waals surface area contributed by atoms with Crippen LogP contribution in [0.1, 0.15) is 66.1 Å². The lowest BCUT2D eigenvalue weighted by molar-refractivity contribution is -0.139. The fraction of sp³-hybridized carbons (Fsp3) is 0.568. The molecule has 5 rings (SSSR count). The molecule has 1 amide bonds. The fourth-order valence-corrected chi connectivity index (χ4v) is 9.16. The molecule has 0 aromatic heterocycles. The van der Waals surface area contributed by atoms with Gasteiger partial charge in [0.15, 0.2) is 0 Å². The Labute approximate surface area is 311 Å². The lowest BCUT2D eigenvalue weighted by Gasteiger charge is -2.47. The Hall–Kier alpha value is -3.27. The molecule has 2 aromatic rings. The van der Waals surface area contributed by atoms with Crippen molar-refractivity contribution < 1.29 is 37.5 Å². The van der Waals surface area contributed by atoms with Crippen molar-refractivity contribution in [3.8, 4) is 5.75 Å². The van der Waals surface area contributed by atoms with Crippen LogP contribution in [0.4, 0.5) is 10.1 Å². The van der Waals surface area contributed by atoms with Gasteiger partial charge in [-0.25, -0.2) is 23.3 Å². The number of nitrogens with one attached hydrogen (secondary N) is 1. The van der Waals surface area contributed by atoms with Crippen LogP contribution in [0.25, 0.3) is 0 Å². The Kier molecular flexibility index (Phi) is 13.2. The molecule has 0 radical (unpaired) electrons. The van der Waals surface area contributed by atoms with Crippen LogP contribution in [0.5, 0.6) is 5.75 Å². The predicted molar refractivity (Wildman–Crippen MR) is 199 cm³/mol. The van der Waals surface area contributed by atoms with Crippen LogP contribution in [0.3, 0.4) is 0 Å². The average molecular weight is 764 g/mol. The van der Waals surface area contributed by atoms with E-state index in [0.29, 0.717) is 48.9 Å². The smallest absolute Gasteiger partial charge is 0.335 e. The highest BCUT2D eigenvalue weighted by atomic mass is 35.5. The van der Waals surface area contributed by atoms with Crippen LogP contribution < -0.4 is 14.8 Å². The number of allylic oxidation sites excluding steroid dienone is 1. The van der Waals surface area contributed by atoms with Gasteiger partial charge in [0.05, 0.1) is 30.0 Å². The number of hydrogen-bond acceptors (Lipinski definition) is 9. The normalized spacial score (nSPS) is 21.4. The largest absolute Gasteiger partial charge is 0.487 e. The number of anilines is 1. The second-order valence-corrected chi connectivity index (χ2v) is 16.3. The van der Waals surface area contributed by atoms with E-state index in [1.165, 1.54) is 12.1 Å². The number of fused-ring (bicyclic) bond motifs is 3. The van der Waals surface area contributed by atoms with Crippen LogP contribution in [-0.4, -0.2) is 103 Å². The van der Waals surface area contributed by atoms with Crippen molar-refractivity contribution >= 4 is 39.1 Å². The summed E-state index contributed by atoms with van der Waals surface area (Å²) in [6.45, 7) is 4.11. The summed E-state index contributed by atoms with van der Waals surface area (Å²) in [6, 6.07) is 7.40. The van der Waals surface area contributed by atoms with E-state index >= 15 is 4.39 Å². The molecule has 0 saturated carbocycles. The van der Waals surface area contributed by atoms with Crippen LogP contribution in [0.2, 0.25) is 5.02 Å². The molecule has 52 heavy (non-hydrogen) atoms. The van der Waals surface area contributed by atoms with E-state index in [2.05, 4.69) is 4.90 Å². The number of nitrogens with zero attached hydrogens (tertiary/aromatic N) is 3. The number of likely N-dealkylation sites (tertiary alicyclic amines) is 1. The molecule has 4 N–H and O–H groups in total. The Morgan fingerprint density at radius 2 is 1.90 bits per heavy atom. The SMILES string of the molecule is COCCN(CCOC)C(=O)[C@@H](/C(F)=C/C[C@H](C)CS(=N)(N)=O)N1CCC[C@@]12CN1CCCCc3cc(Cl)cc2c3COc2ccc(C(=O)O)cc21. The van der Waals surface area contributed by atoms with Crippen molar-refractivity contribution in [2.75, 3.05) is 70.8 Å². The third-order valence-corrected chi connectivity index (χ3v) is 11.6. The molecular weight excluding hydrogens is 713 g/mol. The first-order valence-corrected chi connectivity index (χ1v) is 19.9. The van der Waals surface area contributed by atoms with E-state index in [1.807, 2.05) is 17.0 Å². The number of carboxylic acid groups (broad SMARTS) is 1. The number of aryl methyl sites for hydroxylation is 1. The van der Waals surface area contributed by atoms with Gasteiger partial charge in [0, 0.05) is 57.7 Å². The minimum Gasteiger partial charge on any atom is -0.487 e. The molecule has 1 fully saturated rings. The lowest BCUT2D eigenvalue weighted by Crippen LogP contribution is -2.59. The molecular formula is C37H51ClFN5O7S. The Morgan fingerprint density at radius 3 is 2.58 bits per heavy atom. The maximum Gasteiger partial charge on any atom is 0.335 e. The molecule has 286 valence electrons. The number of ether oxygens (including phenoxy) is 3. The molecule has 2 aromatic carbocycles. The van der Waals surface area contributed by atoms with E-state index in [4.69, 9.17) is 35.7 Å². The number of carboxylic acids is 1. The van der Waals surface area contributed by atoms with Crippen LogP contribution in [0.15, 0.2) is 42.2 Å². The first kappa shape index (κ1) is 39.9. The lowest BCUT2D eigenvalue weighted by atomic mass is 9.79. The molecule has 0 aliphatic carbocycles.